The lowest BCUT2D eigenvalue weighted by molar-refractivity contribution is 0.379. The van der Waals surface area contributed by atoms with E-state index < -0.39 is 0 Å². The molecule has 1 aliphatic carbocycles. The summed E-state index contributed by atoms with van der Waals surface area (Å²) < 4.78 is 0. The van der Waals surface area contributed by atoms with E-state index in [1.54, 1.807) is 0 Å². The topological polar surface area (TPSA) is 64.1 Å². The normalized spacial score (nSPS) is 20.7. The van der Waals surface area contributed by atoms with Crippen LogP contribution in [-0.4, -0.2) is 25.7 Å². The molecule has 162 valence electrons. The van der Waals surface area contributed by atoms with Crippen LogP contribution >= 0.6 is 0 Å². The van der Waals surface area contributed by atoms with Crippen LogP contribution in [0.4, 0.5) is 0 Å². The van der Waals surface area contributed by atoms with Crippen LogP contribution in [0.15, 0.2) is 0 Å². The Kier molecular flexibility index (Phi) is 17.7. The van der Waals surface area contributed by atoms with Crippen LogP contribution in [-0.2, 0) is 0 Å². The first-order valence-corrected chi connectivity index (χ1v) is 12.5. The van der Waals surface area contributed by atoms with Crippen molar-refractivity contribution < 1.29 is 0 Å². The van der Waals surface area contributed by atoms with E-state index in [-0.39, 0.29) is 0 Å². The summed E-state index contributed by atoms with van der Waals surface area (Å²) in [6, 6.07) is 0.372. The molecule has 1 aliphatic rings. The molecule has 0 aromatic rings. The first-order valence-electron chi connectivity index (χ1n) is 12.5. The zero-order chi connectivity index (χ0) is 19.4. The lowest BCUT2D eigenvalue weighted by Gasteiger charge is -2.18. The highest BCUT2D eigenvalue weighted by atomic mass is 14.9. The average molecular weight is 382 g/mol. The minimum Gasteiger partial charge on any atom is -0.330 e. The van der Waals surface area contributed by atoms with Gasteiger partial charge in [-0.25, -0.2) is 0 Å². The maximum atomic E-state index is 6.20. The Morgan fingerprint density at radius 2 is 1.15 bits per heavy atom. The molecule has 1 fully saturated rings. The van der Waals surface area contributed by atoms with Crippen molar-refractivity contribution in [2.24, 2.45) is 17.4 Å². The van der Waals surface area contributed by atoms with E-state index in [4.69, 9.17) is 11.5 Å². The largest absolute Gasteiger partial charge is 0.330 e. The summed E-state index contributed by atoms with van der Waals surface area (Å²) in [4.78, 5) is 0. The standard InChI is InChI=1S/C24H51N3/c25-20-14-13-18-24(26)19-15-21-27-22-23-16-11-9-7-5-3-1-2-4-6-8-10-12-17-23/h23-24,27H,1-22,25-26H2. The van der Waals surface area contributed by atoms with Gasteiger partial charge < -0.3 is 16.8 Å². The van der Waals surface area contributed by atoms with Gasteiger partial charge in [0.05, 0.1) is 0 Å². The fourth-order valence-corrected chi connectivity index (χ4v) is 4.47. The highest BCUT2D eigenvalue weighted by Crippen LogP contribution is 2.20. The van der Waals surface area contributed by atoms with Gasteiger partial charge in [-0.15, -0.1) is 0 Å². The highest BCUT2D eigenvalue weighted by molar-refractivity contribution is 4.67. The first-order chi connectivity index (χ1) is 13.3. The summed E-state index contributed by atoms with van der Waals surface area (Å²) in [7, 11) is 0. The van der Waals surface area contributed by atoms with Gasteiger partial charge in [0.2, 0.25) is 0 Å². The van der Waals surface area contributed by atoms with Gasteiger partial charge in [0.1, 0.15) is 0 Å². The third-order valence-electron chi connectivity index (χ3n) is 6.37. The summed E-state index contributed by atoms with van der Waals surface area (Å²) in [6.07, 6.45) is 26.2. The van der Waals surface area contributed by atoms with Crippen molar-refractivity contribution >= 4 is 0 Å². The smallest absolute Gasteiger partial charge is 0.00393 e. The second-order valence-electron chi connectivity index (χ2n) is 9.08. The van der Waals surface area contributed by atoms with Crippen molar-refractivity contribution in [3.63, 3.8) is 0 Å². The van der Waals surface area contributed by atoms with Crippen molar-refractivity contribution in [2.45, 2.75) is 128 Å². The second-order valence-corrected chi connectivity index (χ2v) is 9.08. The summed E-state index contributed by atoms with van der Waals surface area (Å²) in [6.45, 7) is 3.17. The van der Waals surface area contributed by atoms with E-state index in [0.29, 0.717) is 6.04 Å². The van der Waals surface area contributed by atoms with Crippen LogP contribution in [0.2, 0.25) is 0 Å². The molecule has 0 aliphatic heterocycles. The van der Waals surface area contributed by atoms with Gasteiger partial charge in [-0.2, -0.15) is 0 Å². The summed E-state index contributed by atoms with van der Waals surface area (Å²) in [5.74, 6) is 0.897. The molecular formula is C24H51N3. The van der Waals surface area contributed by atoms with Crippen LogP contribution in [0.5, 0.6) is 0 Å². The number of unbranched alkanes of at least 4 members (excludes halogenated alkanes) is 1. The van der Waals surface area contributed by atoms with E-state index in [1.165, 1.54) is 109 Å². The van der Waals surface area contributed by atoms with Gasteiger partial charge in [-0.1, -0.05) is 83.5 Å². The Hall–Kier alpha value is -0.120. The predicted molar refractivity (Wildman–Crippen MR) is 121 cm³/mol. The van der Waals surface area contributed by atoms with Gasteiger partial charge in [0, 0.05) is 6.04 Å². The maximum Gasteiger partial charge on any atom is 0.00393 e. The number of nitrogens with one attached hydrogen (secondary N) is 1. The Labute approximate surface area is 170 Å². The minimum atomic E-state index is 0.372. The zero-order valence-corrected chi connectivity index (χ0v) is 18.4. The third kappa shape index (κ3) is 16.5. The molecule has 0 bridgehead atoms. The van der Waals surface area contributed by atoms with Crippen molar-refractivity contribution in [2.75, 3.05) is 19.6 Å². The summed E-state index contributed by atoms with van der Waals surface area (Å²) in [5, 5.41) is 3.75. The number of hydrogen-bond donors (Lipinski definition) is 3. The molecule has 0 saturated heterocycles. The van der Waals surface area contributed by atoms with E-state index in [1.807, 2.05) is 0 Å². The molecule has 0 amide bonds. The van der Waals surface area contributed by atoms with Crippen LogP contribution in [0, 0.1) is 5.92 Å². The highest BCUT2D eigenvalue weighted by Gasteiger charge is 2.09. The summed E-state index contributed by atoms with van der Waals surface area (Å²) >= 11 is 0. The average Bonchev–Trinajstić information content (AvgIpc) is 2.68. The fraction of sp³-hybridized carbons (Fsp3) is 1.00. The molecule has 1 rings (SSSR count). The molecule has 3 heteroatoms. The number of hydrogen-bond acceptors (Lipinski definition) is 3. The fourth-order valence-electron chi connectivity index (χ4n) is 4.47. The van der Waals surface area contributed by atoms with Crippen molar-refractivity contribution in [1.29, 1.82) is 0 Å². The van der Waals surface area contributed by atoms with Crippen LogP contribution in [0.25, 0.3) is 0 Å². The summed E-state index contributed by atoms with van der Waals surface area (Å²) in [5.41, 5.74) is 11.8. The zero-order valence-electron chi connectivity index (χ0n) is 18.4. The van der Waals surface area contributed by atoms with Gasteiger partial charge in [0.25, 0.3) is 0 Å². The van der Waals surface area contributed by atoms with Gasteiger partial charge in [0.15, 0.2) is 0 Å². The lowest BCUT2D eigenvalue weighted by Crippen LogP contribution is -2.26. The van der Waals surface area contributed by atoms with Gasteiger partial charge in [-0.3, -0.25) is 0 Å². The SMILES string of the molecule is NCCCCC(N)CCCNCC1CCCCCCCCCCCCCC1. The second kappa shape index (κ2) is 19.2. The maximum absolute atomic E-state index is 6.20. The predicted octanol–water partition coefficient (Wildman–Crippen LogP) is 5.90. The number of rotatable bonds is 10. The monoisotopic (exact) mass is 381 g/mol. The molecule has 3 nitrogen and oxygen atoms in total. The van der Waals surface area contributed by atoms with E-state index in [0.717, 1.165) is 38.3 Å². The van der Waals surface area contributed by atoms with Crippen molar-refractivity contribution in [3.05, 3.63) is 0 Å². The number of nitrogens with two attached hydrogens (primary N) is 2. The van der Waals surface area contributed by atoms with Crippen LogP contribution in [0.3, 0.4) is 0 Å². The molecule has 5 N–H and O–H groups in total. The minimum absolute atomic E-state index is 0.372. The molecule has 1 saturated carbocycles. The molecule has 0 spiro atoms. The molecule has 27 heavy (non-hydrogen) atoms. The molecule has 0 aromatic heterocycles. The Bertz CT molecular complexity index is 279. The van der Waals surface area contributed by atoms with Crippen molar-refractivity contribution in [3.8, 4) is 0 Å². The molecular weight excluding hydrogens is 330 g/mol. The van der Waals surface area contributed by atoms with Gasteiger partial charge >= 0.3 is 0 Å². The quantitative estimate of drug-likeness (QED) is 0.412. The van der Waals surface area contributed by atoms with Gasteiger partial charge in [-0.05, 0) is 64.1 Å². The lowest BCUT2D eigenvalue weighted by atomic mass is 9.94. The first kappa shape index (κ1) is 24.9. The molecule has 1 atom stereocenters. The van der Waals surface area contributed by atoms with Crippen molar-refractivity contribution in [1.82, 2.24) is 5.32 Å². The van der Waals surface area contributed by atoms with Crippen LogP contribution < -0.4 is 16.8 Å². The molecule has 1 unspecified atom stereocenters. The third-order valence-corrected chi connectivity index (χ3v) is 6.37. The van der Waals surface area contributed by atoms with E-state index in [2.05, 4.69) is 5.32 Å². The Balaban J connectivity index is 2.12. The molecule has 0 radical (unpaired) electrons. The van der Waals surface area contributed by atoms with E-state index >= 15 is 0 Å². The Morgan fingerprint density at radius 3 is 1.67 bits per heavy atom. The molecule has 0 aromatic carbocycles. The molecule has 0 heterocycles. The van der Waals surface area contributed by atoms with E-state index in [9.17, 15) is 0 Å². The van der Waals surface area contributed by atoms with Crippen LogP contribution in [0.1, 0.15) is 122 Å². The Morgan fingerprint density at radius 1 is 0.667 bits per heavy atom.